The molecule has 8 nitrogen and oxygen atoms in total. The molecule has 0 saturated carbocycles. The number of aromatic nitrogens is 3. The third-order valence-corrected chi connectivity index (χ3v) is 6.71. The van der Waals surface area contributed by atoms with E-state index in [2.05, 4.69) is 25.6 Å². The van der Waals surface area contributed by atoms with E-state index in [1.807, 2.05) is 0 Å². The van der Waals surface area contributed by atoms with Crippen LogP contribution in [-0.4, -0.2) is 60.1 Å². The first kappa shape index (κ1) is 21.6. The first-order valence-corrected chi connectivity index (χ1v) is 11.2. The highest BCUT2D eigenvalue weighted by Gasteiger charge is 2.39. The fourth-order valence-corrected chi connectivity index (χ4v) is 4.69. The topological polar surface area (TPSA) is 100 Å². The Hall–Kier alpha value is -2.06. The van der Waals surface area contributed by atoms with Gasteiger partial charge in [-0.05, 0) is 12.8 Å². The highest BCUT2D eigenvalue weighted by atomic mass is 32.2. The zero-order chi connectivity index (χ0) is 21.4. The van der Waals surface area contributed by atoms with E-state index in [0.29, 0.717) is 37.3 Å². The zero-order valence-corrected chi connectivity index (χ0v) is 17.0. The number of anilines is 2. The van der Waals surface area contributed by atoms with Gasteiger partial charge in [0.25, 0.3) is 0 Å². The SMILES string of the molecule is CNc1nc(C(F)(F)F)c(-c2nc(NC3CCN(S(C)(=O)=O)CC3)ncc2F)s1. The van der Waals surface area contributed by atoms with Crippen LogP contribution in [0.15, 0.2) is 6.20 Å². The molecule has 0 spiro atoms. The Morgan fingerprint density at radius 2 is 1.90 bits per heavy atom. The molecule has 1 aliphatic heterocycles. The van der Waals surface area contributed by atoms with E-state index >= 15 is 0 Å². The number of nitrogens with zero attached hydrogens (tertiary/aromatic N) is 4. The second kappa shape index (κ2) is 7.99. The number of rotatable bonds is 5. The minimum absolute atomic E-state index is 0.0204. The van der Waals surface area contributed by atoms with Gasteiger partial charge in [-0.3, -0.25) is 0 Å². The van der Waals surface area contributed by atoms with Gasteiger partial charge in [0.2, 0.25) is 16.0 Å². The number of hydrogen-bond acceptors (Lipinski definition) is 8. The lowest BCUT2D eigenvalue weighted by Gasteiger charge is -2.30. The molecule has 0 amide bonds. The molecule has 0 atom stereocenters. The molecule has 2 aromatic rings. The molecular formula is C15H18F4N6O2S2. The van der Waals surface area contributed by atoms with Crippen LogP contribution in [0, 0.1) is 5.82 Å². The molecule has 29 heavy (non-hydrogen) atoms. The van der Waals surface area contributed by atoms with Crippen LogP contribution in [0.1, 0.15) is 18.5 Å². The predicted octanol–water partition coefficient (Wildman–Crippen LogP) is 2.64. The highest BCUT2D eigenvalue weighted by Crippen LogP contribution is 2.42. The van der Waals surface area contributed by atoms with E-state index in [-0.39, 0.29) is 17.1 Å². The molecule has 2 aromatic heterocycles. The Labute approximate surface area is 168 Å². The number of piperidine rings is 1. The van der Waals surface area contributed by atoms with Crippen molar-refractivity contribution in [2.45, 2.75) is 25.1 Å². The smallest absolute Gasteiger partial charge is 0.365 e. The van der Waals surface area contributed by atoms with E-state index in [0.717, 1.165) is 12.5 Å². The van der Waals surface area contributed by atoms with Crippen molar-refractivity contribution in [1.82, 2.24) is 19.3 Å². The van der Waals surface area contributed by atoms with Crippen molar-refractivity contribution in [3.8, 4) is 10.6 Å². The van der Waals surface area contributed by atoms with Gasteiger partial charge >= 0.3 is 6.18 Å². The summed E-state index contributed by atoms with van der Waals surface area (Å²) in [6, 6.07) is -0.192. The Balaban J connectivity index is 1.84. The van der Waals surface area contributed by atoms with Crippen LogP contribution < -0.4 is 10.6 Å². The van der Waals surface area contributed by atoms with Crippen LogP contribution in [0.3, 0.4) is 0 Å². The van der Waals surface area contributed by atoms with Gasteiger partial charge in [-0.2, -0.15) is 13.2 Å². The summed E-state index contributed by atoms with van der Waals surface area (Å²) in [5.74, 6) is -1.04. The van der Waals surface area contributed by atoms with Gasteiger partial charge in [-0.1, -0.05) is 11.3 Å². The van der Waals surface area contributed by atoms with Crippen LogP contribution >= 0.6 is 11.3 Å². The van der Waals surface area contributed by atoms with Crippen LogP contribution in [0.25, 0.3) is 10.6 Å². The van der Waals surface area contributed by atoms with E-state index < -0.39 is 38.3 Å². The molecule has 1 fully saturated rings. The maximum atomic E-state index is 14.3. The first-order chi connectivity index (χ1) is 13.5. The normalized spacial score (nSPS) is 16.8. The largest absolute Gasteiger partial charge is 0.434 e. The maximum Gasteiger partial charge on any atom is 0.434 e. The standard InChI is InChI=1S/C15H18F4N6O2S2/c1-20-14-24-12(15(17,18)19)11(28-14)10-9(16)7-21-13(23-10)22-8-3-5-25(6-4-8)29(2,26)27/h7-8H,3-6H2,1-2H3,(H,20,24)(H,21,22,23). The van der Waals surface area contributed by atoms with Gasteiger partial charge in [0, 0.05) is 26.2 Å². The lowest BCUT2D eigenvalue weighted by atomic mass is 10.1. The van der Waals surface area contributed by atoms with Crippen LogP contribution in [-0.2, 0) is 16.2 Å². The Kier molecular flexibility index (Phi) is 5.96. The average Bonchev–Trinajstić information content (AvgIpc) is 3.08. The number of halogens is 4. The summed E-state index contributed by atoms with van der Waals surface area (Å²) in [7, 11) is -1.87. The highest BCUT2D eigenvalue weighted by molar-refractivity contribution is 7.88. The molecule has 160 valence electrons. The van der Waals surface area contributed by atoms with Crippen molar-refractivity contribution < 1.29 is 26.0 Å². The van der Waals surface area contributed by atoms with Gasteiger partial charge in [0.15, 0.2) is 16.6 Å². The van der Waals surface area contributed by atoms with Gasteiger partial charge in [-0.25, -0.2) is 32.1 Å². The Morgan fingerprint density at radius 3 is 2.45 bits per heavy atom. The van der Waals surface area contributed by atoms with Crippen molar-refractivity contribution in [2.24, 2.45) is 0 Å². The molecule has 0 aromatic carbocycles. The van der Waals surface area contributed by atoms with E-state index in [4.69, 9.17) is 0 Å². The summed E-state index contributed by atoms with van der Waals surface area (Å²) < 4.78 is 78.6. The van der Waals surface area contributed by atoms with Gasteiger partial charge in [-0.15, -0.1) is 0 Å². The second-order valence-electron chi connectivity index (χ2n) is 6.42. The number of hydrogen-bond donors (Lipinski definition) is 2. The summed E-state index contributed by atoms with van der Waals surface area (Å²) in [4.78, 5) is 10.8. The third-order valence-electron chi connectivity index (χ3n) is 4.32. The monoisotopic (exact) mass is 454 g/mol. The van der Waals surface area contributed by atoms with Crippen LogP contribution in [0.4, 0.5) is 28.6 Å². The van der Waals surface area contributed by atoms with Crippen molar-refractivity contribution in [1.29, 1.82) is 0 Å². The molecule has 2 N–H and O–H groups in total. The van der Waals surface area contributed by atoms with E-state index in [1.165, 1.54) is 11.4 Å². The lowest BCUT2D eigenvalue weighted by Crippen LogP contribution is -2.42. The van der Waals surface area contributed by atoms with E-state index in [1.54, 1.807) is 0 Å². The molecule has 1 saturated heterocycles. The van der Waals surface area contributed by atoms with Gasteiger partial charge in [0.1, 0.15) is 5.69 Å². The predicted molar refractivity (Wildman–Crippen MR) is 101 cm³/mol. The molecule has 0 radical (unpaired) electrons. The molecular weight excluding hydrogens is 436 g/mol. The summed E-state index contributed by atoms with van der Waals surface area (Å²) in [5.41, 5.74) is -1.72. The lowest BCUT2D eigenvalue weighted by molar-refractivity contribution is -0.140. The molecule has 1 aliphatic rings. The number of nitrogens with one attached hydrogen (secondary N) is 2. The molecule has 0 aliphatic carbocycles. The molecule has 14 heteroatoms. The Bertz CT molecular complexity index is 987. The van der Waals surface area contributed by atoms with Crippen molar-refractivity contribution in [3.63, 3.8) is 0 Å². The number of alkyl halides is 3. The molecule has 3 heterocycles. The fraction of sp³-hybridized carbons (Fsp3) is 0.533. The molecule has 0 unspecified atom stereocenters. The summed E-state index contributed by atoms with van der Waals surface area (Å²) in [5, 5.41) is 5.44. The van der Waals surface area contributed by atoms with Crippen molar-refractivity contribution >= 4 is 32.4 Å². The van der Waals surface area contributed by atoms with Crippen molar-refractivity contribution in [3.05, 3.63) is 17.7 Å². The number of sulfonamides is 1. The van der Waals surface area contributed by atoms with Gasteiger partial charge < -0.3 is 10.6 Å². The average molecular weight is 454 g/mol. The maximum absolute atomic E-state index is 14.3. The fourth-order valence-electron chi connectivity index (χ4n) is 2.89. The summed E-state index contributed by atoms with van der Waals surface area (Å²) >= 11 is 0.638. The second-order valence-corrected chi connectivity index (χ2v) is 9.40. The van der Waals surface area contributed by atoms with Crippen LogP contribution in [0.2, 0.25) is 0 Å². The molecule has 3 rings (SSSR count). The summed E-state index contributed by atoms with van der Waals surface area (Å²) in [6.07, 6.45) is -1.93. The first-order valence-electron chi connectivity index (χ1n) is 8.49. The minimum atomic E-state index is -4.77. The van der Waals surface area contributed by atoms with Crippen molar-refractivity contribution in [2.75, 3.05) is 37.0 Å². The van der Waals surface area contributed by atoms with E-state index in [9.17, 15) is 26.0 Å². The number of thiazole rings is 1. The Morgan fingerprint density at radius 1 is 1.24 bits per heavy atom. The zero-order valence-electron chi connectivity index (χ0n) is 15.4. The van der Waals surface area contributed by atoms with Gasteiger partial charge in [0.05, 0.1) is 17.3 Å². The minimum Gasteiger partial charge on any atom is -0.365 e. The summed E-state index contributed by atoms with van der Waals surface area (Å²) in [6.45, 7) is 0.590. The molecule has 0 bridgehead atoms. The third kappa shape index (κ3) is 4.93. The van der Waals surface area contributed by atoms with Crippen LogP contribution in [0.5, 0.6) is 0 Å². The quantitative estimate of drug-likeness (QED) is 0.670.